The van der Waals surface area contributed by atoms with Gasteiger partial charge in [-0.1, -0.05) is 35.4 Å². The van der Waals surface area contributed by atoms with Gasteiger partial charge in [-0.25, -0.2) is 12.2 Å². The maximum Gasteiger partial charge on any atom is -1.00 e. The minimum Gasteiger partial charge on any atom is -1.00 e. The van der Waals surface area contributed by atoms with Crippen molar-refractivity contribution in [3.63, 3.8) is 0 Å². The number of fused-ring (bicyclic) bond motifs is 3. The number of aryl methyl sites for hydroxylation is 2. The molecule has 0 amide bonds. The summed E-state index contributed by atoms with van der Waals surface area (Å²) in [5.41, 5.74) is 10.4. The molecule has 0 N–H and O–H groups in total. The Morgan fingerprint density at radius 2 is 0.959 bits per heavy atom. The van der Waals surface area contributed by atoms with Crippen LogP contribution < -0.4 is 24.8 Å². The molecule has 0 fully saturated rings. The molecule has 0 aromatic heterocycles. The van der Waals surface area contributed by atoms with Gasteiger partial charge in [-0.05, 0) is 13.8 Å². The third kappa shape index (κ3) is 10.7. The minimum atomic E-state index is -0.679. The largest absolute Gasteiger partial charge is 1.00 e. The van der Waals surface area contributed by atoms with Crippen LogP contribution in [0.4, 0.5) is 0 Å². The molecule has 1 aliphatic carbocycles. The Morgan fingerprint density at radius 1 is 0.531 bits per heavy atom. The zero-order valence-electron chi connectivity index (χ0n) is 27.8. The Labute approximate surface area is 314 Å². The van der Waals surface area contributed by atoms with Crippen LogP contribution in [-0.2, 0) is 22.3 Å². The molecule has 0 atom stereocenters. The van der Waals surface area contributed by atoms with E-state index in [0.717, 1.165) is 6.42 Å². The molecule has 8 rings (SSSR count). The maximum atomic E-state index is 2.99. The normalized spacial score (nSPS) is 10.8. The number of allylic oxidation sites excluding steroid dienone is 4. The zero-order valence-corrected chi connectivity index (χ0v) is 31.8. The van der Waals surface area contributed by atoms with Crippen LogP contribution in [0.5, 0.6) is 0 Å². The van der Waals surface area contributed by atoms with Crippen LogP contribution in [0.15, 0.2) is 170 Å². The summed E-state index contributed by atoms with van der Waals surface area (Å²) < 4.78 is 4.87. The molecule has 3 heteroatoms. The number of halogens is 2. The fourth-order valence-electron chi connectivity index (χ4n) is 5.64. The average Bonchev–Trinajstić information content (AvgIpc) is 3.82. The van der Waals surface area contributed by atoms with Gasteiger partial charge >= 0.3 is 172 Å². The molecule has 0 unspecified atom stereocenters. The first kappa shape index (κ1) is 37.7. The van der Waals surface area contributed by atoms with Gasteiger partial charge in [0.05, 0.1) is 0 Å². The van der Waals surface area contributed by atoms with Crippen LogP contribution in [-0.4, -0.2) is 7.42 Å². The van der Waals surface area contributed by atoms with E-state index in [1.54, 1.807) is 0 Å². The van der Waals surface area contributed by atoms with E-state index in [-0.39, 0.29) is 24.8 Å². The van der Waals surface area contributed by atoms with Gasteiger partial charge in [0, 0.05) is 0 Å². The second kappa shape index (κ2) is 19.2. The van der Waals surface area contributed by atoms with Crippen molar-refractivity contribution >= 4 is 29.0 Å². The summed E-state index contributed by atoms with van der Waals surface area (Å²) >= 11 is -0.679. The van der Waals surface area contributed by atoms with Gasteiger partial charge in [0.2, 0.25) is 0 Å². The Bertz CT molecular complexity index is 2030. The Balaban J connectivity index is 0.000000206. The molecule has 0 nitrogen and oxygen atoms in total. The third-order valence-electron chi connectivity index (χ3n) is 8.14. The van der Waals surface area contributed by atoms with Crippen molar-refractivity contribution < 1.29 is 47.1 Å². The molecule has 0 heterocycles. The van der Waals surface area contributed by atoms with Gasteiger partial charge in [0.15, 0.2) is 0 Å². The fraction of sp³-hybridized carbons (Fsp3) is 0.0652. The van der Waals surface area contributed by atoms with E-state index >= 15 is 0 Å². The van der Waals surface area contributed by atoms with Crippen LogP contribution in [0.1, 0.15) is 28.7 Å². The minimum absolute atomic E-state index is 0. The van der Waals surface area contributed by atoms with Crippen molar-refractivity contribution in [2.45, 2.75) is 20.3 Å². The maximum absolute atomic E-state index is 2.99. The van der Waals surface area contributed by atoms with Gasteiger partial charge in [0.25, 0.3) is 0 Å². The van der Waals surface area contributed by atoms with E-state index in [1.165, 1.54) is 66.1 Å². The van der Waals surface area contributed by atoms with Gasteiger partial charge in [-0.15, -0.1) is 46.2 Å². The van der Waals surface area contributed by atoms with E-state index in [4.69, 9.17) is 0 Å². The summed E-state index contributed by atoms with van der Waals surface area (Å²) in [6.07, 6.45) is 10.0. The quantitative estimate of drug-likeness (QED) is 0.201. The summed E-state index contributed by atoms with van der Waals surface area (Å²) in [5.74, 6) is 0. The summed E-state index contributed by atoms with van der Waals surface area (Å²) in [7, 11) is 0. The monoisotopic (exact) mass is 750 g/mol. The third-order valence-corrected chi connectivity index (χ3v) is 10.6. The molecular formula is C46H38Cl2Zr-4. The molecule has 244 valence electrons. The number of hydrogen-bond donors (Lipinski definition) is 0. The molecule has 7 aromatic rings. The van der Waals surface area contributed by atoms with Crippen molar-refractivity contribution in [1.29, 1.82) is 0 Å². The van der Waals surface area contributed by atoms with Crippen molar-refractivity contribution in [3.05, 3.63) is 198 Å². The Morgan fingerprint density at radius 3 is 1.33 bits per heavy atom. The van der Waals surface area contributed by atoms with Crippen LogP contribution in [0, 0.1) is 19.9 Å². The number of hydrogen-bond acceptors (Lipinski definition) is 0. The molecule has 1 aliphatic rings. The van der Waals surface area contributed by atoms with Gasteiger partial charge < -0.3 is 24.8 Å². The predicted molar refractivity (Wildman–Crippen MR) is 202 cm³/mol. The van der Waals surface area contributed by atoms with Crippen molar-refractivity contribution in [2.75, 3.05) is 0 Å². The smallest absolute Gasteiger partial charge is 1.00 e. The summed E-state index contributed by atoms with van der Waals surface area (Å²) in [5, 5.41) is 5.46. The number of benzene rings is 6. The second-order valence-corrected chi connectivity index (χ2v) is 14.0. The predicted octanol–water partition coefficient (Wildman–Crippen LogP) is 5.75. The van der Waals surface area contributed by atoms with Gasteiger partial charge in [-0.2, -0.15) is 6.08 Å². The molecule has 49 heavy (non-hydrogen) atoms. The average molecular weight is 753 g/mol. The van der Waals surface area contributed by atoms with Crippen LogP contribution in [0.3, 0.4) is 0 Å². The van der Waals surface area contributed by atoms with E-state index < -0.39 is 22.3 Å². The SMILES string of the molecule is Cc1ccc2c(c1)[cH-]c1cc(C)ccc12.[C-]1=CC=CC1.[CH](=[Zr]=[CH]c1ccc(-c2ccccc2)cc1)c1ccc(-c2ccccc2)cc1.[Cl-].[Cl-]. The van der Waals surface area contributed by atoms with Crippen LogP contribution in [0.2, 0.25) is 0 Å². The molecule has 0 radical (unpaired) electrons. The van der Waals surface area contributed by atoms with Crippen LogP contribution in [0.25, 0.3) is 43.8 Å². The molecule has 0 bridgehead atoms. The van der Waals surface area contributed by atoms with Gasteiger partial charge in [0.1, 0.15) is 0 Å². The molecule has 0 spiro atoms. The molecular weight excluding hydrogens is 715 g/mol. The molecule has 0 saturated heterocycles. The fourth-order valence-corrected chi connectivity index (χ4v) is 7.74. The number of rotatable bonds is 4. The van der Waals surface area contributed by atoms with E-state index in [2.05, 4.69) is 185 Å². The first-order valence-corrected chi connectivity index (χ1v) is 19.0. The van der Waals surface area contributed by atoms with E-state index in [0.29, 0.717) is 0 Å². The summed E-state index contributed by atoms with van der Waals surface area (Å²) in [6.45, 7) is 4.28. The van der Waals surface area contributed by atoms with Crippen LogP contribution >= 0.6 is 0 Å². The first-order chi connectivity index (χ1) is 23.1. The van der Waals surface area contributed by atoms with Crippen molar-refractivity contribution in [2.24, 2.45) is 0 Å². The Hall–Kier alpha value is -4.13. The van der Waals surface area contributed by atoms with Crippen molar-refractivity contribution in [3.8, 4) is 22.3 Å². The zero-order chi connectivity index (χ0) is 32.3. The second-order valence-electron chi connectivity index (χ2n) is 11.8. The standard InChI is InChI=1S/C15H13.2C13H10.C5H5.2ClH.Zr/c1-10-3-5-14-12(7-10)9-13-8-11(2)4-6-15(13)14;2*1-11-7-9-13(10-8-11)12-5-3-2-4-6-12;1-2-4-5-3-1;;;/h3-9H,1-2H3;2*1-10H;1-3H,4H2;2*1H;/q-1;;;-1;;;/p-2. The molecule has 0 aliphatic heterocycles. The Kier molecular flexibility index (Phi) is 14.7. The van der Waals surface area contributed by atoms with Crippen molar-refractivity contribution in [1.82, 2.24) is 0 Å². The first-order valence-electron chi connectivity index (χ1n) is 16.1. The summed E-state index contributed by atoms with van der Waals surface area (Å²) in [4.78, 5) is 0. The van der Waals surface area contributed by atoms with E-state index in [1.807, 2.05) is 12.2 Å². The van der Waals surface area contributed by atoms with Gasteiger partial charge in [-0.3, -0.25) is 6.08 Å². The molecule has 7 aromatic carbocycles. The van der Waals surface area contributed by atoms with E-state index in [9.17, 15) is 0 Å². The molecule has 0 saturated carbocycles. The topological polar surface area (TPSA) is 0 Å². The summed E-state index contributed by atoms with van der Waals surface area (Å²) in [6, 6.07) is 54.5.